The molecule has 4 nitrogen and oxygen atoms in total. The van der Waals surface area contributed by atoms with Crippen LogP contribution in [0, 0.1) is 5.82 Å². The van der Waals surface area contributed by atoms with Crippen LogP contribution in [-0.2, 0) is 9.53 Å². The highest BCUT2D eigenvalue weighted by Gasteiger charge is 2.07. The van der Waals surface area contributed by atoms with Gasteiger partial charge < -0.3 is 15.4 Å². The van der Waals surface area contributed by atoms with Crippen molar-refractivity contribution in [1.29, 1.82) is 0 Å². The number of hydrogen-bond donors (Lipinski definition) is 2. The SMILES string of the molecule is COC(=O)CCCCCNC(=S)Nc1cccc(Cl)c1F. The summed E-state index contributed by atoms with van der Waals surface area (Å²) in [5.74, 6) is -0.724. The summed E-state index contributed by atoms with van der Waals surface area (Å²) < 4.78 is 18.2. The summed E-state index contributed by atoms with van der Waals surface area (Å²) in [7, 11) is 1.38. The van der Waals surface area contributed by atoms with E-state index in [1.165, 1.54) is 13.2 Å². The van der Waals surface area contributed by atoms with Gasteiger partial charge in [0.1, 0.15) is 0 Å². The lowest BCUT2D eigenvalue weighted by molar-refractivity contribution is -0.140. The van der Waals surface area contributed by atoms with Crippen LogP contribution >= 0.6 is 23.8 Å². The van der Waals surface area contributed by atoms with Crippen LogP contribution in [0.5, 0.6) is 0 Å². The molecule has 21 heavy (non-hydrogen) atoms. The Morgan fingerprint density at radius 1 is 1.38 bits per heavy atom. The van der Waals surface area contributed by atoms with Crippen molar-refractivity contribution in [3.05, 3.63) is 29.0 Å². The Balaban J connectivity index is 2.20. The first kappa shape index (κ1) is 17.7. The van der Waals surface area contributed by atoms with Crippen LogP contribution in [0.3, 0.4) is 0 Å². The Hall–Kier alpha value is -1.40. The number of rotatable bonds is 7. The molecule has 1 aromatic carbocycles. The van der Waals surface area contributed by atoms with Crippen LogP contribution in [0.4, 0.5) is 10.1 Å². The molecule has 7 heteroatoms. The lowest BCUT2D eigenvalue weighted by atomic mass is 10.2. The van der Waals surface area contributed by atoms with Gasteiger partial charge in [0.2, 0.25) is 0 Å². The second-order valence-corrected chi connectivity index (χ2v) is 5.18. The third kappa shape index (κ3) is 6.73. The van der Waals surface area contributed by atoms with E-state index in [1.807, 2.05) is 0 Å². The fourth-order valence-electron chi connectivity index (χ4n) is 1.64. The molecule has 116 valence electrons. The van der Waals surface area contributed by atoms with Gasteiger partial charge in [-0.3, -0.25) is 4.79 Å². The Bertz CT molecular complexity index is 500. The zero-order chi connectivity index (χ0) is 15.7. The lowest BCUT2D eigenvalue weighted by Gasteiger charge is -2.11. The number of hydrogen-bond acceptors (Lipinski definition) is 3. The Morgan fingerprint density at radius 2 is 2.14 bits per heavy atom. The van der Waals surface area contributed by atoms with E-state index in [1.54, 1.807) is 12.1 Å². The molecule has 1 aromatic rings. The van der Waals surface area contributed by atoms with E-state index < -0.39 is 5.82 Å². The monoisotopic (exact) mass is 332 g/mol. The van der Waals surface area contributed by atoms with E-state index in [4.69, 9.17) is 23.8 Å². The van der Waals surface area contributed by atoms with E-state index in [0.29, 0.717) is 18.1 Å². The first-order chi connectivity index (χ1) is 10.0. The smallest absolute Gasteiger partial charge is 0.305 e. The Labute approximate surface area is 134 Å². The summed E-state index contributed by atoms with van der Waals surface area (Å²) in [6, 6.07) is 4.68. The molecule has 0 radical (unpaired) electrons. The van der Waals surface area contributed by atoms with Gasteiger partial charge >= 0.3 is 5.97 Å². The van der Waals surface area contributed by atoms with Crippen LogP contribution in [0.25, 0.3) is 0 Å². The van der Waals surface area contributed by atoms with Crippen LogP contribution in [0.1, 0.15) is 25.7 Å². The Kier molecular flexibility index (Phi) is 8.00. The van der Waals surface area contributed by atoms with Crippen molar-refractivity contribution in [2.24, 2.45) is 0 Å². The zero-order valence-electron chi connectivity index (χ0n) is 11.7. The maximum atomic E-state index is 13.6. The number of unbranched alkanes of at least 4 members (excludes halogenated alkanes) is 2. The summed E-state index contributed by atoms with van der Waals surface area (Å²) in [4.78, 5) is 10.9. The van der Waals surface area contributed by atoms with Crippen LogP contribution in [0.15, 0.2) is 18.2 Å². The Morgan fingerprint density at radius 3 is 2.86 bits per heavy atom. The van der Waals surface area contributed by atoms with Gasteiger partial charge in [-0.25, -0.2) is 4.39 Å². The van der Waals surface area contributed by atoms with Crippen molar-refractivity contribution in [2.75, 3.05) is 19.0 Å². The van der Waals surface area contributed by atoms with Crippen molar-refractivity contribution < 1.29 is 13.9 Å². The second kappa shape index (κ2) is 9.52. The maximum Gasteiger partial charge on any atom is 0.305 e. The van der Waals surface area contributed by atoms with Gasteiger partial charge in [-0.15, -0.1) is 0 Å². The summed E-state index contributed by atoms with van der Waals surface area (Å²) >= 11 is 10.8. The van der Waals surface area contributed by atoms with Gasteiger partial charge in [-0.1, -0.05) is 24.1 Å². The minimum atomic E-state index is -0.526. The molecule has 1 rings (SSSR count). The molecule has 0 amide bonds. The first-order valence-corrected chi connectivity index (χ1v) is 7.39. The van der Waals surface area contributed by atoms with Gasteiger partial charge in [-0.2, -0.15) is 0 Å². The van der Waals surface area contributed by atoms with Gasteiger partial charge in [0.15, 0.2) is 10.9 Å². The van der Waals surface area contributed by atoms with E-state index in [0.717, 1.165) is 19.3 Å². The van der Waals surface area contributed by atoms with Crippen molar-refractivity contribution in [2.45, 2.75) is 25.7 Å². The molecule has 2 N–H and O–H groups in total. The van der Waals surface area contributed by atoms with Crippen LogP contribution in [0.2, 0.25) is 5.02 Å². The van der Waals surface area contributed by atoms with E-state index >= 15 is 0 Å². The molecule has 0 aromatic heterocycles. The minimum Gasteiger partial charge on any atom is -0.469 e. The van der Waals surface area contributed by atoms with Crippen molar-refractivity contribution in [3.8, 4) is 0 Å². The number of methoxy groups -OCH3 is 1. The number of thiocarbonyl (C=S) groups is 1. The number of esters is 1. The number of anilines is 1. The molecule has 0 saturated heterocycles. The predicted molar refractivity (Wildman–Crippen MR) is 86.1 cm³/mol. The standard InChI is InChI=1S/C14H18ClFN2O2S/c1-20-12(19)8-3-2-4-9-17-14(21)18-11-7-5-6-10(15)13(11)16/h5-7H,2-4,8-9H2,1H3,(H2,17,18,21). The molecule has 0 spiro atoms. The molecule has 0 aliphatic carbocycles. The van der Waals surface area contributed by atoms with Gasteiger partial charge in [0, 0.05) is 13.0 Å². The van der Waals surface area contributed by atoms with Gasteiger partial charge in [0.25, 0.3) is 0 Å². The third-order valence-electron chi connectivity index (χ3n) is 2.77. The van der Waals surface area contributed by atoms with Crippen molar-refractivity contribution >= 4 is 40.6 Å². The highest BCUT2D eigenvalue weighted by Crippen LogP contribution is 2.21. The summed E-state index contributed by atoms with van der Waals surface area (Å²) in [5.41, 5.74) is 0.241. The number of ether oxygens (including phenoxy) is 1. The van der Waals surface area contributed by atoms with E-state index in [2.05, 4.69) is 15.4 Å². The minimum absolute atomic E-state index is 0.0469. The van der Waals surface area contributed by atoms with Crippen LogP contribution < -0.4 is 10.6 Å². The number of benzene rings is 1. The molecule has 0 saturated carbocycles. The molecular formula is C14H18ClFN2O2S. The van der Waals surface area contributed by atoms with E-state index in [-0.39, 0.29) is 16.7 Å². The molecule has 0 fully saturated rings. The fourth-order valence-corrected chi connectivity index (χ4v) is 2.03. The first-order valence-electron chi connectivity index (χ1n) is 6.60. The maximum absolute atomic E-state index is 13.6. The topological polar surface area (TPSA) is 50.4 Å². The molecule has 0 aliphatic heterocycles. The highest BCUT2D eigenvalue weighted by atomic mass is 35.5. The van der Waals surface area contributed by atoms with E-state index in [9.17, 15) is 9.18 Å². The predicted octanol–water partition coefficient (Wildman–Crippen LogP) is 3.50. The summed E-state index contributed by atoms with van der Waals surface area (Å²) in [6.07, 6.45) is 2.94. The summed E-state index contributed by atoms with van der Waals surface area (Å²) in [5, 5.41) is 6.11. The van der Waals surface area contributed by atoms with Gasteiger partial charge in [0.05, 0.1) is 17.8 Å². The number of nitrogens with one attached hydrogen (secondary N) is 2. The highest BCUT2D eigenvalue weighted by molar-refractivity contribution is 7.80. The number of carbonyl (C=O) groups excluding carboxylic acids is 1. The lowest BCUT2D eigenvalue weighted by Crippen LogP contribution is -2.29. The normalized spacial score (nSPS) is 10.0. The quantitative estimate of drug-likeness (QED) is 0.454. The molecule has 0 bridgehead atoms. The number of carbonyl (C=O) groups is 1. The molecule has 0 heterocycles. The fraction of sp³-hybridized carbons (Fsp3) is 0.429. The average molecular weight is 333 g/mol. The molecule has 0 unspecified atom stereocenters. The van der Waals surface area contributed by atoms with Crippen molar-refractivity contribution in [3.63, 3.8) is 0 Å². The molecule has 0 atom stereocenters. The zero-order valence-corrected chi connectivity index (χ0v) is 13.3. The average Bonchev–Trinajstić information content (AvgIpc) is 2.47. The number of halogens is 2. The largest absolute Gasteiger partial charge is 0.469 e. The third-order valence-corrected chi connectivity index (χ3v) is 3.31. The summed E-state index contributed by atoms with van der Waals surface area (Å²) in [6.45, 7) is 0.648. The van der Waals surface area contributed by atoms with Gasteiger partial charge in [-0.05, 0) is 37.2 Å². The molecule has 0 aliphatic rings. The van der Waals surface area contributed by atoms with Crippen molar-refractivity contribution in [1.82, 2.24) is 5.32 Å². The molecular weight excluding hydrogens is 315 g/mol. The second-order valence-electron chi connectivity index (χ2n) is 4.37. The van der Waals surface area contributed by atoms with Crippen LogP contribution in [-0.4, -0.2) is 24.7 Å².